The topological polar surface area (TPSA) is 15.3 Å². The maximum Gasteiger partial charge on any atom is 0.00506 e. The van der Waals surface area contributed by atoms with Crippen molar-refractivity contribution in [3.05, 3.63) is 0 Å². The molecule has 3 fully saturated rings. The first-order valence-corrected chi connectivity index (χ1v) is 5.79. The highest BCUT2D eigenvalue weighted by Crippen LogP contribution is 2.48. The molecule has 1 unspecified atom stereocenters. The zero-order valence-electron chi connectivity index (χ0n) is 8.39. The predicted octanol–water partition coefficient (Wildman–Crippen LogP) is 1.08. The molecule has 1 N–H and O–H groups in total. The lowest BCUT2D eigenvalue weighted by atomic mass is 9.63. The van der Waals surface area contributed by atoms with E-state index in [0.29, 0.717) is 0 Å². The van der Waals surface area contributed by atoms with Gasteiger partial charge in [-0.1, -0.05) is 6.42 Å². The Balaban J connectivity index is 1.43. The van der Waals surface area contributed by atoms with E-state index in [9.17, 15) is 0 Å². The molecule has 2 saturated heterocycles. The van der Waals surface area contributed by atoms with Crippen molar-refractivity contribution in [3.63, 3.8) is 0 Å². The van der Waals surface area contributed by atoms with Gasteiger partial charge in [0, 0.05) is 19.6 Å². The van der Waals surface area contributed by atoms with Gasteiger partial charge in [0.25, 0.3) is 0 Å². The van der Waals surface area contributed by atoms with Gasteiger partial charge in [-0.2, -0.15) is 0 Å². The lowest BCUT2D eigenvalue weighted by Gasteiger charge is -2.56. The Morgan fingerprint density at radius 2 is 2.15 bits per heavy atom. The second kappa shape index (κ2) is 2.96. The van der Waals surface area contributed by atoms with E-state index in [0.717, 1.165) is 11.3 Å². The maximum absolute atomic E-state index is 3.45. The Morgan fingerprint density at radius 1 is 1.31 bits per heavy atom. The Labute approximate surface area is 80.7 Å². The van der Waals surface area contributed by atoms with Gasteiger partial charge in [-0.05, 0) is 43.7 Å². The number of nitrogens with zero attached hydrogens (tertiary/aromatic N) is 1. The van der Waals surface area contributed by atoms with Gasteiger partial charge in [0.05, 0.1) is 0 Å². The lowest BCUT2D eigenvalue weighted by molar-refractivity contribution is -0.0653. The molecule has 0 aromatic carbocycles. The van der Waals surface area contributed by atoms with E-state index >= 15 is 0 Å². The van der Waals surface area contributed by atoms with Gasteiger partial charge >= 0.3 is 0 Å². The number of likely N-dealkylation sites (tertiary alicyclic amines) is 1. The molecule has 2 nitrogen and oxygen atoms in total. The molecule has 2 heteroatoms. The van der Waals surface area contributed by atoms with Crippen LogP contribution in [0.4, 0.5) is 0 Å². The highest BCUT2D eigenvalue weighted by atomic mass is 15.2. The second-order valence-electron chi connectivity index (χ2n) is 5.38. The molecule has 2 heterocycles. The van der Waals surface area contributed by atoms with Crippen LogP contribution in [0.5, 0.6) is 0 Å². The molecule has 1 atom stereocenters. The molecule has 74 valence electrons. The molecular weight excluding hydrogens is 160 g/mol. The van der Waals surface area contributed by atoms with Crippen molar-refractivity contribution in [3.8, 4) is 0 Å². The van der Waals surface area contributed by atoms with Crippen LogP contribution in [0.2, 0.25) is 0 Å². The number of hydrogen-bond donors (Lipinski definition) is 1. The van der Waals surface area contributed by atoms with Crippen LogP contribution in [-0.4, -0.2) is 37.6 Å². The minimum Gasteiger partial charge on any atom is -0.316 e. The molecule has 0 amide bonds. The minimum atomic E-state index is 0.825. The molecule has 1 aliphatic carbocycles. The summed E-state index contributed by atoms with van der Waals surface area (Å²) >= 11 is 0. The van der Waals surface area contributed by atoms with Crippen LogP contribution in [0.1, 0.15) is 25.7 Å². The van der Waals surface area contributed by atoms with Crippen LogP contribution in [0.3, 0.4) is 0 Å². The van der Waals surface area contributed by atoms with E-state index in [2.05, 4.69) is 10.2 Å². The first kappa shape index (κ1) is 8.25. The Hall–Kier alpha value is -0.0800. The maximum atomic E-state index is 3.45. The predicted molar refractivity (Wildman–Crippen MR) is 53.7 cm³/mol. The van der Waals surface area contributed by atoms with Gasteiger partial charge in [0.15, 0.2) is 0 Å². The van der Waals surface area contributed by atoms with Crippen molar-refractivity contribution >= 4 is 0 Å². The minimum absolute atomic E-state index is 0.825. The van der Waals surface area contributed by atoms with Gasteiger partial charge in [0.2, 0.25) is 0 Å². The Bertz CT molecular complexity index is 184. The number of rotatable bonds is 2. The van der Waals surface area contributed by atoms with Crippen LogP contribution in [0.25, 0.3) is 0 Å². The first-order valence-electron chi connectivity index (χ1n) is 5.79. The van der Waals surface area contributed by atoms with Crippen LogP contribution < -0.4 is 5.32 Å². The van der Waals surface area contributed by atoms with Crippen LogP contribution >= 0.6 is 0 Å². The molecule has 0 aromatic heterocycles. The Kier molecular flexibility index (Phi) is 1.88. The third-order valence-electron chi connectivity index (χ3n) is 4.21. The van der Waals surface area contributed by atoms with Crippen molar-refractivity contribution in [1.29, 1.82) is 0 Å². The average molecular weight is 180 g/mol. The fourth-order valence-corrected chi connectivity index (χ4v) is 3.26. The number of nitrogens with one attached hydrogen (secondary N) is 1. The summed E-state index contributed by atoms with van der Waals surface area (Å²) in [7, 11) is 0. The lowest BCUT2D eigenvalue weighted by Crippen LogP contribution is -2.60. The van der Waals surface area contributed by atoms with E-state index in [4.69, 9.17) is 0 Å². The summed E-state index contributed by atoms with van der Waals surface area (Å²) in [5.74, 6) is 0.956. The smallest absolute Gasteiger partial charge is 0.00506 e. The summed E-state index contributed by atoms with van der Waals surface area (Å²) in [5, 5.41) is 3.45. The number of hydrogen-bond acceptors (Lipinski definition) is 2. The zero-order chi connectivity index (χ0) is 8.73. The van der Waals surface area contributed by atoms with Gasteiger partial charge in [-0.15, -0.1) is 0 Å². The fourth-order valence-electron chi connectivity index (χ4n) is 3.26. The van der Waals surface area contributed by atoms with E-state index in [1.54, 1.807) is 0 Å². The molecule has 3 rings (SSSR count). The zero-order valence-corrected chi connectivity index (χ0v) is 8.39. The molecule has 0 bridgehead atoms. The normalized spacial score (nSPS) is 37.4. The van der Waals surface area contributed by atoms with Gasteiger partial charge in [-0.3, -0.25) is 0 Å². The quantitative estimate of drug-likeness (QED) is 0.684. The first-order chi connectivity index (χ1) is 6.36. The van der Waals surface area contributed by atoms with E-state index in [1.165, 1.54) is 58.4 Å². The van der Waals surface area contributed by atoms with Crippen LogP contribution in [-0.2, 0) is 0 Å². The van der Waals surface area contributed by atoms with Crippen molar-refractivity contribution in [2.24, 2.45) is 11.3 Å². The third-order valence-corrected chi connectivity index (χ3v) is 4.21. The molecule has 3 aliphatic rings. The van der Waals surface area contributed by atoms with Gasteiger partial charge in [0.1, 0.15) is 0 Å². The SMILES string of the molecule is C1CC2(C1)CN(CC1CCNC1)C2. The van der Waals surface area contributed by atoms with Crippen molar-refractivity contribution in [1.82, 2.24) is 10.2 Å². The van der Waals surface area contributed by atoms with E-state index in [-0.39, 0.29) is 0 Å². The van der Waals surface area contributed by atoms with Gasteiger partial charge in [-0.25, -0.2) is 0 Å². The standard InChI is InChI=1S/C11H20N2/c1-3-11(4-1)8-13(9-11)7-10-2-5-12-6-10/h10,12H,1-9H2. The third kappa shape index (κ3) is 1.40. The molecule has 13 heavy (non-hydrogen) atoms. The van der Waals surface area contributed by atoms with E-state index in [1.807, 2.05) is 0 Å². The summed E-state index contributed by atoms with van der Waals surface area (Å²) in [6.45, 7) is 6.73. The van der Waals surface area contributed by atoms with Gasteiger partial charge < -0.3 is 10.2 Å². The second-order valence-corrected chi connectivity index (χ2v) is 5.38. The monoisotopic (exact) mass is 180 g/mol. The molecule has 0 aromatic rings. The highest BCUT2D eigenvalue weighted by molar-refractivity contribution is 5.00. The summed E-state index contributed by atoms with van der Waals surface area (Å²) in [6.07, 6.45) is 5.95. The van der Waals surface area contributed by atoms with Crippen LogP contribution in [0.15, 0.2) is 0 Å². The van der Waals surface area contributed by atoms with E-state index < -0.39 is 0 Å². The largest absolute Gasteiger partial charge is 0.316 e. The highest BCUT2D eigenvalue weighted by Gasteiger charge is 2.47. The summed E-state index contributed by atoms with van der Waals surface area (Å²) in [5.41, 5.74) is 0.825. The fraction of sp³-hybridized carbons (Fsp3) is 1.00. The molecule has 0 radical (unpaired) electrons. The van der Waals surface area contributed by atoms with Crippen LogP contribution in [0, 0.1) is 11.3 Å². The summed E-state index contributed by atoms with van der Waals surface area (Å²) in [6, 6.07) is 0. The van der Waals surface area contributed by atoms with Crippen molar-refractivity contribution in [2.75, 3.05) is 32.7 Å². The van der Waals surface area contributed by atoms with Crippen molar-refractivity contribution in [2.45, 2.75) is 25.7 Å². The molecule has 1 spiro atoms. The Morgan fingerprint density at radius 3 is 2.69 bits per heavy atom. The summed E-state index contributed by atoms with van der Waals surface area (Å²) < 4.78 is 0. The van der Waals surface area contributed by atoms with Crippen molar-refractivity contribution < 1.29 is 0 Å². The molecular formula is C11H20N2. The molecule has 1 saturated carbocycles. The molecule has 2 aliphatic heterocycles. The summed E-state index contributed by atoms with van der Waals surface area (Å²) in [4.78, 5) is 2.68. The average Bonchev–Trinajstić information content (AvgIpc) is 2.43.